The molecule has 3 atom stereocenters. The molecule has 0 radical (unpaired) electrons. The molecule has 3 rings (SSSR count). The summed E-state index contributed by atoms with van der Waals surface area (Å²) >= 11 is 0. The Morgan fingerprint density at radius 2 is 2.10 bits per heavy atom. The molecule has 0 aromatic heterocycles. The van der Waals surface area contributed by atoms with Gasteiger partial charge in [0.15, 0.2) is 0 Å². The highest BCUT2D eigenvalue weighted by atomic mass is 16.6. The SMILES string of the molecule is O=C(NC1CCC2CC1C(=O)O2)OCc1ccccc1. The first-order chi connectivity index (χ1) is 9.72. The molecule has 20 heavy (non-hydrogen) atoms. The van der Waals surface area contributed by atoms with Gasteiger partial charge in [-0.15, -0.1) is 0 Å². The van der Waals surface area contributed by atoms with E-state index in [1.807, 2.05) is 30.3 Å². The number of amides is 1. The summed E-state index contributed by atoms with van der Waals surface area (Å²) in [6.07, 6.45) is 1.86. The van der Waals surface area contributed by atoms with Gasteiger partial charge in [0.05, 0.1) is 5.92 Å². The molecule has 2 aliphatic rings. The van der Waals surface area contributed by atoms with Crippen LogP contribution in [-0.2, 0) is 20.9 Å². The highest BCUT2D eigenvalue weighted by Crippen LogP contribution is 2.34. The van der Waals surface area contributed by atoms with Gasteiger partial charge in [0.1, 0.15) is 12.7 Å². The average Bonchev–Trinajstić information content (AvgIpc) is 2.77. The Morgan fingerprint density at radius 1 is 1.30 bits per heavy atom. The topological polar surface area (TPSA) is 64.6 Å². The Kier molecular flexibility index (Phi) is 3.58. The number of carbonyl (C=O) groups is 2. The fraction of sp³-hybridized carbons (Fsp3) is 0.467. The van der Waals surface area contributed by atoms with Gasteiger partial charge in [0.2, 0.25) is 0 Å². The van der Waals surface area contributed by atoms with Gasteiger partial charge in [-0.2, -0.15) is 0 Å². The van der Waals surface area contributed by atoms with Crippen molar-refractivity contribution in [3.05, 3.63) is 35.9 Å². The molecule has 5 nitrogen and oxygen atoms in total. The van der Waals surface area contributed by atoms with Crippen LogP contribution in [0.1, 0.15) is 24.8 Å². The quantitative estimate of drug-likeness (QED) is 0.857. The van der Waals surface area contributed by atoms with Gasteiger partial charge in [0.25, 0.3) is 0 Å². The number of nitrogens with one attached hydrogen (secondary N) is 1. The number of hydrogen-bond acceptors (Lipinski definition) is 4. The minimum Gasteiger partial charge on any atom is -0.462 e. The van der Waals surface area contributed by atoms with Crippen molar-refractivity contribution in [1.82, 2.24) is 5.32 Å². The van der Waals surface area contributed by atoms with E-state index >= 15 is 0 Å². The van der Waals surface area contributed by atoms with Gasteiger partial charge in [0, 0.05) is 6.04 Å². The van der Waals surface area contributed by atoms with E-state index in [2.05, 4.69) is 5.32 Å². The van der Waals surface area contributed by atoms with Gasteiger partial charge in [-0.3, -0.25) is 4.79 Å². The lowest BCUT2D eigenvalue weighted by molar-refractivity contribution is -0.143. The Labute approximate surface area is 117 Å². The van der Waals surface area contributed by atoms with Crippen molar-refractivity contribution in [3.8, 4) is 0 Å². The summed E-state index contributed by atoms with van der Waals surface area (Å²) in [5, 5.41) is 2.79. The van der Waals surface area contributed by atoms with E-state index in [4.69, 9.17) is 9.47 Å². The molecule has 2 bridgehead atoms. The van der Waals surface area contributed by atoms with E-state index in [-0.39, 0.29) is 30.6 Å². The smallest absolute Gasteiger partial charge is 0.407 e. The monoisotopic (exact) mass is 275 g/mol. The van der Waals surface area contributed by atoms with E-state index in [0.29, 0.717) is 6.42 Å². The number of ether oxygens (including phenoxy) is 2. The highest BCUT2D eigenvalue weighted by molar-refractivity contribution is 5.77. The van der Waals surface area contributed by atoms with Crippen molar-refractivity contribution in [2.24, 2.45) is 5.92 Å². The molecule has 2 fully saturated rings. The Morgan fingerprint density at radius 3 is 2.90 bits per heavy atom. The van der Waals surface area contributed by atoms with E-state index in [9.17, 15) is 9.59 Å². The Hall–Kier alpha value is -2.04. The van der Waals surface area contributed by atoms with Crippen LogP contribution >= 0.6 is 0 Å². The molecule has 5 heteroatoms. The number of alkyl carbamates (subject to hydrolysis) is 1. The van der Waals surface area contributed by atoms with Crippen LogP contribution in [0.4, 0.5) is 4.79 Å². The standard InChI is InChI=1S/C15H17NO4/c17-14-12-8-11(20-14)6-7-13(12)16-15(18)19-9-10-4-2-1-3-5-10/h1-5,11-13H,6-9H2,(H,16,18). The molecule has 0 spiro atoms. The second-order valence-electron chi connectivity index (χ2n) is 5.29. The second kappa shape index (κ2) is 5.53. The zero-order valence-electron chi connectivity index (χ0n) is 11.1. The number of fused-ring (bicyclic) bond motifs is 2. The Balaban J connectivity index is 1.50. The lowest BCUT2D eigenvalue weighted by Crippen LogP contribution is -2.43. The molecule has 1 aromatic carbocycles. The number of esters is 1. The first kappa shape index (κ1) is 13.0. The molecule has 1 aliphatic heterocycles. The van der Waals surface area contributed by atoms with Crippen LogP contribution in [-0.4, -0.2) is 24.2 Å². The third-order valence-corrected chi connectivity index (χ3v) is 3.90. The summed E-state index contributed by atoms with van der Waals surface area (Å²) in [6, 6.07) is 9.33. The Bertz CT molecular complexity index is 502. The second-order valence-corrected chi connectivity index (χ2v) is 5.29. The number of hydrogen-bond donors (Lipinski definition) is 1. The summed E-state index contributed by atoms with van der Waals surface area (Å²) in [7, 11) is 0. The number of rotatable bonds is 3. The van der Waals surface area contributed by atoms with Crippen molar-refractivity contribution < 1.29 is 19.1 Å². The highest BCUT2D eigenvalue weighted by Gasteiger charge is 2.44. The summed E-state index contributed by atoms with van der Waals surface area (Å²) in [5.74, 6) is -0.404. The van der Waals surface area contributed by atoms with Crippen LogP contribution in [0.2, 0.25) is 0 Å². The van der Waals surface area contributed by atoms with Gasteiger partial charge < -0.3 is 14.8 Å². The molecule has 106 valence electrons. The maximum absolute atomic E-state index is 11.8. The molecule has 1 amide bonds. The molecule has 1 saturated heterocycles. The van der Waals surface area contributed by atoms with Gasteiger partial charge in [-0.25, -0.2) is 4.79 Å². The molecule has 3 unspecified atom stereocenters. The van der Waals surface area contributed by atoms with Crippen LogP contribution in [0.5, 0.6) is 0 Å². The zero-order valence-corrected chi connectivity index (χ0v) is 11.1. The molecule has 1 N–H and O–H groups in total. The van der Waals surface area contributed by atoms with Gasteiger partial charge >= 0.3 is 12.1 Å². The van der Waals surface area contributed by atoms with Crippen LogP contribution in [0.25, 0.3) is 0 Å². The first-order valence-corrected chi connectivity index (χ1v) is 6.90. The molecule has 1 aliphatic carbocycles. The minimum absolute atomic E-state index is 0.0471. The molecular formula is C15H17NO4. The predicted octanol–water partition coefficient (Wildman–Crippen LogP) is 2.01. The minimum atomic E-state index is -0.475. The summed E-state index contributed by atoms with van der Waals surface area (Å²) in [4.78, 5) is 23.4. The summed E-state index contributed by atoms with van der Waals surface area (Å²) < 4.78 is 10.4. The maximum atomic E-state index is 11.8. The largest absolute Gasteiger partial charge is 0.462 e. The lowest BCUT2D eigenvalue weighted by atomic mass is 9.85. The van der Waals surface area contributed by atoms with Crippen molar-refractivity contribution in [3.63, 3.8) is 0 Å². The third kappa shape index (κ3) is 2.76. The maximum Gasteiger partial charge on any atom is 0.407 e. The van der Waals surface area contributed by atoms with Crippen molar-refractivity contribution in [2.45, 2.75) is 38.0 Å². The van der Waals surface area contributed by atoms with Gasteiger partial charge in [-0.1, -0.05) is 30.3 Å². The van der Waals surface area contributed by atoms with Crippen LogP contribution in [0, 0.1) is 5.92 Å². The molecule has 1 aromatic rings. The average molecular weight is 275 g/mol. The van der Waals surface area contributed by atoms with Gasteiger partial charge in [-0.05, 0) is 24.8 Å². The van der Waals surface area contributed by atoms with Crippen LogP contribution in [0.15, 0.2) is 30.3 Å². The number of carbonyl (C=O) groups excluding carboxylic acids is 2. The van der Waals surface area contributed by atoms with Crippen molar-refractivity contribution >= 4 is 12.1 Å². The van der Waals surface area contributed by atoms with E-state index in [0.717, 1.165) is 18.4 Å². The summed E-state index contributed by atoms with van der Waals surface area (Å²) in [5.41, 5.74) is 0.937. The van der Waals surface area contributed by atoms with Crippen molar-refractivity contribution in [2.75, 3.05) is 0 Å². The summed E-state index contributed by atoms with van der Waals surface area (Å²) in [6.45, 7) is 0.233. The molecule has 1 saturated carbocycles. The zero-order chi connectivity index (χ0) is 13.9. The van der Waals surface area contributed by atoms with E-state index < -0.39 is 6.09 Å². The number of benzene rings is 1. The lowest BCUT2D eigenvalue weighted by Gasteiger charge is -2.25. The van der Waals surface area contributed by atoms with Crippen LogP contribution < -0.4 is 5.32 Å². The fourth-order valence-corrected chi connectivity index (χ4v) is 2.84. The molecular weight excluding hydrogens is 258 g/mol. The van der Waals surface area contributed by atoms with E-state index in [1.54, 1.807) is 0 Å². The normalized spacial score (nSPS) is 27.8. The fourth-order valence-electron chi connectivity index (χ4n) is 2.84. The van der Waals surface area contributed by atoms with Crippen molar-refractivity contribution in [1.29, 1.82) is 0 Å². The predicted molar refractivity (Wildman–Crippen MR) is 70.8 cm³/mol. The third-order valence-electron chi connectivity index (χ3n) is 3.90. The molecule has 1 heterocycles. The first-order valence-electron chi connectivity index (χ1n) is 6.90. The van der Waals surface area contributed by atoms with E-state index in [1.165, 1.54) is 0 Å². The van der Waals surface area contributed by atoms with Crippen LogP contribution in [0.3, 0.4) is 0 Å².